The second-order valence-corrected chi connectivity index (χ2v) is 7.99. The van der Waals surface area contributed by atoms with E-state index in [1.54, 1.807) is -3.01 Å². The third-order valence-corrected chi connectivity index (χ3v) is 4.57. The van der Waals surface area contributed by atoms with Gasteiger partial charge in [-0.1, -0.05) is 0 Å². The van der Waals surface area contributed by atoms with E-state index in [0.717, 1.165) is 4.47 Å². The zero-order valence-corrected chi connectivity index (χ0v) is 16.9. The molecule has 0 aliphatic rings. The van der Waals surface area contributed by atoms with E-state index in [9.17, 15) is 0 Å². The number of hydrogen-bond donors (Lipinski definition) is 0. The molecule has 0 unspecified atom stereocenters. The van der Waals surface area contributed by atoms with Crippen molar-refractivity contribution in [3.05, 3.63) is 59.1 Å². The zero-order chi connectivity index (χ0) is 11.1. The Balaban J connectivity index is 0.000000151. The molecule has 0 saturated heterocycles. The SMILES string of the molecule is [Cs][c]1ccccc1.[Li][c]1ccc(Br)cc1. The average molecular weight is 373 g/mol. The molecule has 0 fully saturated rings. The molecule has 15 heavy (non-hydrogen) atoms. The van der Waals surface area contributed by atoms with Crippen molar-refractivity contribution in [1.29, 1.82) is 0 Å². The fourth-order valence-corrected chi connectivity index (χ4v) is 2.54. The Morgan fingerprint density at radius 3 is 1.73 bits per heavy atom. The Morgan fingerprint density at radius 2 is 1.40 bits per heavy atom. The summed E-state index contributed by atoms with van der Waals surface area (Å²) in [6, 6.07) is 18.8. The van der Waals surface area contributed by atoms with Crippen molar-refractivity contribution in [2.24, 2.45) is 0 Å². The number of halogens is 1. The Bertz CT molecular complexity index is 365. The molecule has 66 valence electrons. The first-order valence-corrected chi connectivity index (χ1v) is 8.85. The van der Waals surface area contributed by atoms with Crippen LogP contribution >= 0.6 is 15.9 Å². The molecule has 0 nitrogen and oxygen atoms in total. The molecule has 0 aromatic heterocycles. The van der Waals surface area contributed by atoms with Crippen LogP contribution in [0.5, 0.6) is 0 Å². The average Bonchev–Trinajstić information content (AvgIpc) is 2.25. The minimum atomic E-state index is 0.628. The summed E-state index contributed by atoms with van der Waals surface area (Å²) < 4.78 is 3.99. The van der Waals surface area contributed by atoms with E-state index in [1.807, 2.05) is 12.1 Å². The van der Waals surface area contributed by atoms with Crippen molar-refractivity contribution >= 4 is 101 Å². The van der Waals surface area contributed by atoms with Gasteiger partial charge in [0.25, 0.3) is 0 Å². The van der Waals surface area contributed by atoms with Crippen LogP contribution in [0, 0.1) is 0 Å². The minimum absolute atomic E-state index is 0.628. The van der Waals surface area contributed by atoms with Crippen LogP contribution < -0.4 is 1.23 Å². The van der Waals surface area contributed by atoms with Gasteiger partial charge in [0, 0.05) is 0 Å². The van der Waals surface area contributed by atoms with Gasteiger partial charge in [0.2, 0.25) is 0 Å². The van der Waals surface area contributed by atoms with E-state index in [0.29, 0.717) is 65.9 Å². The van der Waals surface area contributed by atoms with Gasteiger partial charge in [-0.15, -0.1) is 0 Å². The summed E-state index contributed by atoms with van der Waals surface area (Å²) in [7, 11) is 0. The van der Waals surface area contributed by atoms with Gasteiger partial charge >= 0.3 is 160 Å². The fourth-order valence-electron chi connectivity index (χ4n) is 1.07. The van der Waals surface area contributed by atoms with Gasteiger partial charge in [0.15, 0.2) is 0 Å². The monoisotopic (exact) mass is 372 g/mol. The molecule has 0 saturated carbocycles. The second kappa shape index (κ2) is 8.63. The van der Waals surface area contributed by atoms with Crippen LogP contribution in [-0.4, -0.2) is 83.6 Å². The van der Waals surface area contributed by atoms with Crippen LogP contribution in [0.2, 0.25) is 0 Å². The molecule has 0 bridgehead atoms. The third kappa shape index (κ3) is 7.49. The molecule has 0 aliphatic heterocycles. The Morgan fingerprint density at radius 1 is 0.867 bits per heavy atom. The maximum atomic E-state index is 3.35. The van der Waals surface area contributed by atoms with Gasteiger partial charge in [-0.2, -0.15) is 0 Å². The van der Waals surface area contributed by atoms with Crippen molar-refractivity contribution < 1.29 is 0 Å². The summed E-state index contributed by atoms with van der Waals surface area (Å²) in [5.74, 6) is 0. The van der Waals surface area contributed by atoms with Crippen molar-refractivity contribution in [2.45, 2.75) is 0 Å². The van der Waals surface area contributed by atoms with Crippen molar-refractivity contribution in [2.75, 3.05) is 0 Å². The topological polar surface area (TPSA) is 0 Å². The normalized spacial score (nSPS) is 9.13. The molecule has 0 spiro atoms. The maximum absolute atomic E-state index is 3.35. The molecule has 0 atom stereocenters. The Kier molecular flexibility index (Phi) is 8.42. The summed E-state index contributed by atoms with van der Waals surface area (Å²) in [5.41, 5.74) is 0. The standard InChI is InChI=1S/C6H4Br.C6H5.Cs.Li/c7-6-4-2-1-3-5-6;1-2-4-6-5-3-1;;/h2-5H;1-5H;;. The summed E-state index contributed by atoms with van der Waals surface area (Å²) in [5, 5.41) is 0. The number of rotatable bonds is 0. The molecule has 2 aromatic rings. The van der Waals surface area contributed by atoms with Gasteiger partial charge in [-0.05, 0) is 0 Å². The van der Waals surface area contributed by atoms with Crippen molar-refractivity contribution in [3.8, 4) is 0 Å². The molecular weight excluding hydrogens is 364 g/mol. The van der Waals surface area contributed by atoms with Crippen molar-refractivity contribution in [3.63, 3.8) is 0 Å². The molecule has 3 heteroatoms. The van der Waals surface area contributed by atoms with E-state index in [1.165, 1.54) is 4.24 Å². The van der Waals surface area contributed by atoms with Crippen molar-refractivity contribution in [1.82, 2.24) is 0 Å². The first-order valence-electron chi connectivity index (χ1n) is 4.92. The second-order valence-electron chi connectivity index (χ2n) is 3.45. The first kappa shape index (κ1) is 14.6. The summed E-state index contributed by atoms with van der Waals surface area (Å²) >= 11 is 6.05. The van der Waals surface area contributed by atoms with Crippen LogP contribution in [0.25, 0.3) is 0 Å². The predicted molar refractivity (Wildman–Crippen MR) is 71.4 cm³/mol. The van der Waals surface area contributed by atoms with E-state index in [4.69, 9.17) is 0 Å². The molecule has 0 radical (unpaired) electrons. The zero-order valence-electron chi connectivity index (χ0n) is 9.07. The summed E-state index contributed by atoms with van der Waals surface area (Å²) in [6.45, 7) is 0. The van der Waals surface area contributed by atoms with E-state index < -0.39 is 0 Å². The van der Waals surface area contributed by atoms with E-state index in [2.05, 4.69) is 76.1 Å². The van der Waals surface area contributed by atoms with Crippen LogP contribution in [0.15, 0.2) is 59.1 Å². The van der Waals surface area contributed by atoms with Crippen LogP contribution in [0.4, 0.5) is 0 Å². The van der Waals surface area contributed by atoms with Gasteiger partial charge < -0.3 is 0 Å². The third-order valence-electron chi connectivity index (χ3n) is 1.95. The molecule has 2 rings (SSSR count). The molecule has 0 N–H and O–H groups in total. The van der Waals surface area contributed by atoms with Gasteiger partial charge in [-0.25, -0.2) is 0 Å². The number of hydrogen-bond acceptors (Lipinski definition) is 0. The predicted octanol–water partition coefficient (Wildman–Crippen LogP) is 1.72. The molecule has 0 aliphatic carbocycles. The van der Waals surface area contributed by atoms with Gasteiger partial charge in [0.05, 0.1) is 0 Å². The first-order chi connectivity index (χ1) is 7.18. The number of benzene rings is 2. The van der Waals surface area contributed by atoms with Crippen LogP contribution in [-0.2, 0) is 0 Å². The van der Waals surface area contributed by atoms with Gasteiger partial charge in [0.1, 0.15) is 0 Å². The fraction of sp³-hybridized carbons (Fsp3) is 0. The molecular formula is C12H9BrCsLi. The summed E-state index contributed by atoms with van der Waals surface area (Å²) in [4.78, 5) is 0. The van der Waals surface area contributed by atoms with E-state index >= 15 is 0 Å². The molecule has 0 heterocycles. The quantitative estimate of drug-likeness (QED) is 0.618. The van der Waals surface area contributed by atoms with E-state index in [-0.39, 0.29) is 0 Å². The van der Waals surface area contributed by atoms with Gasteiger partial charge in [-0.3, -0.25) is 0 Å². The molecule has 0 amide bonds. The van der Waals surface area contributed by atoms with Crippen LogP contribution in [0.3, 0.4) is 0 Å². The Hall–Kier alpha value is 1.57. The van der Waals surface area contributed by atoms with Crippen LogP contribution in [0.1, 0.15) is 0 Å². The summed E-state index contributed by atoms with van der Waals surface area (Å²) in [6.07, 6.45) is 0. The molecule has 2 aromatic carbocycles. The Labute approximate surface area is 156 Å².